The zero-order valence-electron chi connectivity index (χ0n) is 16.0. The van der Waals surface area contributed by atoms with Gasteiger partial charge >= 0.3 is 0 Å². The molecule has 0 spiro atoms. The monoisotopic (exact) mass is 488 g/mol. The average molecular weight is 488 g/mol. The number of nitrogens with zero attached hydrogens (tertiary/aromatic N) is 2. The lowest BCUT2D eigenvalue weighted by atomic mass is 10.1. The van der Waals surface area contributed by atoms with Crippen LogP contribution in [0.2, 0.25) is 0 Å². The number of thiazole rings is 1. The first-order valence-electron chi connectivity index (χ1n) is 8.66. The van der Waals surface area contributed by atoms with Crippen molar-refractivity contribution in [1.82, 2.24) is 15.6 Å². The van der Waals surface area contributed by atoms with E-state index in [0.717, 1.165) is 36.2 Å². The highest BCUT2D eigenvalue weighted by Crippen LogP contribution is 2.16. The van der Waals surface area contributed by atoms with Crippen molar-refractivity contribution in [2.75, 3.05) is 13.7 Å². The summed E-state index contributed by atoms with van der Waals surface area (Å²) in [5.74, 6) is 0.787. The van der Waals surface area contributed by atoms with E-state index < -0.39 is 0 Å². The van der Waals surface area contributed by atoms with Crippen molar-refractivity contribution >= 4 is 41.3 Å². The minimum absolute atomic E-state index is 0. The second-order valence-corrected chi connectivity index (χ2v) is 7.13. The maximum Gasteiger partial charge on any atom is 0.191 e. The summed E-state index contributed by atoms with van der Waals surface area (Å²) in [5, 5.41) is 7.84. The number of aryl methyl sites for hydroxylation is 2. The molecular formula is C19H29IN4OS. The van der Waals surface area contributed by atoms with Crippen molar-refractivity contribution in [3.8, 4) is 0 Å². The van der Waals surface area contributed by atoms with Gasteiger partial charge in [-0.2, -0.15) is 0 Å². The molecule has 0 bridgehead atoms. The molecule has 0 aliphatic heterocycles. The standard InChI is InChI=1S/C19H28N4OS.HI/c1-5-10-24-13-17-9-7-6-8-16(17)11-21-19(20-4)22-12-18-14(2)23-15(3)25-18;/h6-9H,5,10-13H2,1-4H3,(H2,20,21,22);1H. The molecule has 0 saturated carbocycles. The topological polar surface area (TPSA) is 58.5 Å². The maximum atomic E-state index is 5.68. The van der Waals surface area contributed by atoms with E-state index in [4.69, 9.17) is 4.74 Å². The van der Waals surface area contributed by atoms with Crippen LogP contribution in [-0.2, 0) is 24.4 Å². The summed E-state index contributed by atoms with van der Waals surface area (Å²) in [4.78, 5) is 10.0. The smallest absolute Gasteiger partial charge is 0.191 e. The number of rotatable bonds is 8. The van der Waals surface area contributed by atoms with Gasteiger partial charge in [-0.3, -0.25) is 4.99 Å². The molecule has 2 N–H and O–H groups in total. The van der Waals surface area contributed by atoms with E-state index in [1.807, 2.05) is 13.8 Å². The van der Waals surface area contributed by atoms with Gasteiger partial charge in [0.2, 0.25) is 0 Å². The molecule has 5 nitrogen and oxygen atoms in total. The van der Waals surface area contributed by atoms with Crippen molar-refractivity contribution in [2.24, 2.45) is 4.99 Å². The number of aliphatic imine (C=N–C) groups is 1. The molecule has 2 rings (SSSR count). The predicted octanol–water partition coefficient (Wildman–Crippen LogP) is 4.17. The van der Waals surface area contributed by atoms with Crippen LogP contribution in [-0.4, -0.2) is 24.6 Å². The van der Waals surface area contributed by atoms with Gasteiger partial charge in [0.15, 0.2) is 5.96 Å². The molecule has 2 aromatic rings. The molecule has 0 unspecified atom stereocenters. The molecule has 0 atom stereocenters. The molecule has 0 aliphatic carbocycles. The van der Waals surface area contributed by atoms with Crippen LogP contribution < -0.4 is 10.6 Å². The molecule has 1 aromatic carbocycles. The Balaban J connectivity index is 0.00000338. The fourth-order valence-electron chi connectivity index (χ4n) is 2.50. The van der Waals surface area contributed by atoms with Gasteiger partial charge in [-0.25, -0.2) is 4.98 Å². The van der Waals surface area contributed by atoms with E-state index in [-0.39, 0.29) is 24.0 Å². The molecule has 1 aromatic heterocycles. The number of aromatic nitrogens is 1. The van der Waals surface area contributed by atoms with Gasteiger partial charge in [0, 0.05) is 25.1 Å². The van der Waals surface area contributed by atoms with Crippen LogP contribution in [0.25, 0.3) is 0 Å². The minimum Gasteiger partial charge on any atom is -0.377 e. The molecule has 0 radical (unpaired) electrons. The van der Waals surface area contributed by atoms with Gasteiger partial charge in [0.05, 0.1) is 23.9 Å². The van der Waals surface area contributed by atoms with Crippen LogP contribution in [0.4, 0.5) is 0 Å². The van der Waals surface area contributed by atoms with Gasteiger partial charge < -0.3 is 15.4 Å². The zero-order chi connectivity index (χ0) is 18.1. The summed E-state index contributed by atoms with van der Waals surface area (Å²) >= 11 is 1.72. The van der Waals surface area contributed by atoms with E-state index in [1.54, 1.807) is 18.4 Å². The summed E-state index contributed by atoms with van der Waals surface area (Å²) in [7, 11) is 1.79. The Morgan fingerprint density at radius 1 is 1.15 bits per heavy atom. The molecule has 0 fully saturated rings. The summed E-state index contributed by atoms with van der Waals surface area (Å²) in [6, 6.07) is 8.35. The first-order valence-corrected chi connectivity index (χ1v) is 9.47. The Bertz CT molecular complexity index is 703. The van der Waals surface area contributed by atoms with Crippen molar-refractivity contribution in [3.05, 3.63) is 51.0 Å². The number of hydrogen-bond donors (Lipinski definition) is 2. The lowest BCUT2D eigenvalue weighted by Crippen LogP contribution is -2.36. The van der Waals surface area contributed by atoms with Crippen molar-refractivity contribution in [2.45, 2.75) is 46.9 Å². The third-order valence-corrected chi connectivity index (χ3v) is 4.88. The Hall–Kier alpha value is -1.19. The SMILES string of the molecule is CCCOCc1ccccc1CNC(=NC)NCc1sc(C)nc1C.I. The van der Waals surface area contributed by atoms with E-state index in [0.29, 0.717) is 13.2 Å². The van der Waals surface area contributed by atoms with E-state index in [9.17, 15) is 0 Å². The Morgan fingerprint density at radius 3 is 2.46 bits per heavy atom. The fraction of sp³-hybridized carbons (Fsp3) is 0.474. The Labute approximate surface area is 177 Å². The fourth-order valence-corrected chi connectivity index (χ4v) is 3.38. The summed E-state index contributed by atoms with van der Waals surface area (Å²) in [5.41, 5.74) is 3.53. The maximum absolute atomic E-state index is 5.68. The van der Waals surface area contributed by atoms with Crippen molar-refractivity contribution < 1.29 is 4.74 Å². The number of nitrogens with one attached hydrogen (secondary N) is 2. The largest absolute Gasteiger partial charge is 0.377 e. The highest BCUT2D eigenvalue weighted by Gasteiger charge is 2.07. The lowest BCUT2D eigenvalue weighted by Gasteiger charge is -2.14. The summed E-state index contributed by atoms with van der Waals surface area (Å²) in [6.45, 7) is 9.09. The lowest BCUT2D eigenvalue weighted by molar-refractivity contribution is 0.121. The molecule has 0 saturated heterocycles. The van der Waals surface area contributed by atoms with Crippen molar-refractivity contribution in [3.63, 3.8) is 0 Å². The van der Waals surface area contributed by atoms with Gasteiger partial charge in [0.1, 0.15) is 0 Å². The van der Waals surface area contributed by atoms with Crippen LogP contribution in [0.3, 0.4) is 0 Å². The quantitative estimate of drug-likeness (QED) is 0.254. The summed E-state index contributed by atoms with van der Waals surface area (Å²) in [6.07, 6.45) is 1.04. The van der Waals surface area contributed by atoms with E-state index in [2.05, 4.69) is 51.8 Å². The van der Waals surface area contributed by atoms with Crippen LogP contribution >= 0.6 is 35.3 Å². The van der Waals surface area contributed by atoms with Gasteiger partial charge in [-0.05, 0) is 31.4 Å². The van der Waals surface area contributed by atoms with Gasteiger partial charge in [-0.1, -0.05) is 31.2 Å². The molecule has 144 valence electrons. The van der Waals surface area contributed by atoms with E-state index >= 15 is 0 Å². The number of halogens is 1. The van der Waals surface area contributed by atoms with Crippen LogP contribution in [0.5, 0.6) is 0 Å². The number of benzene rings is 1. The first kappa shape index (κ1) is 22.9. The second-order valence-electron chi connectivity index (χ2n) is 5.84. The first-order chi connectivity index (χ1) is 12.1. The molecule has 0 amide bonds. The van der Waals surface area contributed by atoms with Crippen molar-refractivity contribution in [1.29, 1.82) is 0 Å². The Morgan fingerprint density at radius 2 is 1.85 bits per heavy atom. The second kappa shape index (κ2) is 12.2. The Kier molecular flexibility index (Phi) is 10.8. The number of guanidine groups is 1. The number of ether oxygens (including phenoxy) is 1. The minimum atomic E-state index is 0. The highest BCUT2D eigenvalue weighted by atomic mass is 127. The van der Waals surface area contributed by atoms with Crippen LogP contribution in [0.1, 0.15) is 40.1 Å². The van der Waals surface area contributed by atoms with Gasteiger partial charge in [0.25, 0.3) is 0 Å². The molecular weight excluding hydrogens is 459 g/mol. The molecule has 1 heterocycles. The normalized spacial score (nSPS) is 11.2. The van der Waals surface area contributed by atoms with E-state index in [1.165, 1.54) is 16.0 Å². The molecule has 26 heavy (non-hydrogen) atoms. The van der Waals surface area contributed by atoms with Gasteiger partial charge in [-0.15, -0.1) is 35.3 Å². The molecule has 7 heteroatoms. The molecule has 0 aliphatic rings. The zero-order valence-corrected chi connectivity index (χ0v) is 19.1. The van der Waals surface area contributed by atoms with Crippen LogP contribution in [0.15, 0.2) is 29.3 Å². The number of hydrogen-bond acceptors (Lipinski definition) is 4. The highest BCUT2D eigenvalue weighted by molar-refractivity contribution is 14.0. The third-order valence-electron chi connectivity index (χ3n) is 3.81. The van der Waals surface area contributed by atoms with Crippen LogP contribution in [0, 0.1) is 13.8 Å². The third kappa shape index (κ3) is 7.20. The average Bonchev–Trinajstić information content (AvgIpc) is 2.94. The summed E-state index contributed by atoms with van der Waals surface area (Å²) < 4.78 is 5.68. The predicted molar refractivity (Wildman–Crippen MR) is 120 cm³/mol.